The Balaban J connectivity index is 1.63. The number of rotatable bonds is 3. The third-order valence-electron chi connectivity index (χ3n) is 4.75. The average molecular weight is 295 g/mol. The molecule has 6 heteroatoms. The van der Waals surface area contributed by atoms with Crippen LogP contribution in [-0.4, -0.2) is 48.9 Å². The number of carbonyl (C=O) groups is 2. The first-order valence-electron chi connectivity index (χ1n) is 7.54. The van der Waals surface area contributed by atoms with Crippen molar-refractivity contribution in [3.63, 3.8) is 0 Å². The van der Waals surface area contributed by atoms with Crippen molar-refractivity contribution in [1.29, 1.82) is 0 Å². The fourth-order valence-corrected chi connectivity index (χ4v) is 3.52. The summed E-state index contributed by atoms with van der Waals surface area (Å²) >= 11 is 0. The van der Waals surface area contributed by atoms with Gasteiger partial charge in [0.2, 0.25) is 5.91 Å². The van der Waals surface area contributed by atoms with Crippen LogP contribution in [0.3, 0.4) is 0 Å². The number of nitrogens with one attached hydrogen (secondary N) is 1. The lowest BCUT2D eigenvalue weighted by Crippen LogP contribution is -2.49. The van der Waals surface area contributed by atoms with Crippen molar-refractivity contribution >= 4 is 11.9 Å². The molecule has 2 heterocycles. The highest BCUT2D eigenvalue weighted by atomic mass is 16.5. The Morgan fingerprint density at radius 3 is 2.81 bits per heavy atom. The van der Waals surface area contributed by atoms with Gasteiger partial charge in [-0.25, -0.2) is 0 Å². The van der Waals surface area contributed by atoms with Gasteiger partial charge in [-0.3, -0.25) is 9.59 Å². The summed E-state index contributed by atoms with van der Waals surface area (Å²) < 4.78 is 11.1. The minimum absolute atomic E-state index is 0.170. The fraction of sp³-hybridized carbons (Fsp3) is 0.733. The zero-order valence-corrected chi connectivity index (χ0v) is 11.9. The number of hydrogen-bond donors (Lipinski definition) is 2. The van der Waals surface area contributed by atoms with E-state index in [2.05, 4.69) is 5.32 Å². The first-order chi connectivity index (χ1) is 10.2. The Morgan fingerprint density at radius 2 is 2.00 bits per heavy atom. The van der Waals surface area contributed by atoms with Crippen LogP contribution in [0.15, 0.2) is 12.2 Å². The maximum atomic E-state index is 12.4. The molecule has 0 saturated carbocycles. The molecule has 0 radical (unpaired) electrons. The van der Waals surface area contributed by atoms with Gasteiger partial charge in [-0.1, -0.05) is 12.2 Å². The summed E-state index contributed by atoms with van der Waals surface area (Å²) in [6.45, 7) is 1.87. The van der Waals surface area contributed by atoms with Crippen LogP contribution in [0.4, 0.5) is 0 Å². The van der Waals surface area contributed by atoms with Crippen molar-refractivity contribution in [2.75, 3.05) is 19.8 Å². The van der Waals surface area contributed by atoms with E-state index in [9.17, 15) is 14.7 Å². The van der Waals surface area contributed by atoms with Crippen LogP contribution in [0, 0.1) is 17.8 Å². The normalized spacial score (nSPS) is 38.8. The summed E-state index contributed by atoms with van der Waals surface area (Å²) in [6.07, 6.45) is 5.19. The second-order valence-electron chi connectivity index (χ2n) is 6.04. The Morgan fingerprint density at radius 1 is 1.19 bits per heavy atom. The van der Waals surface area contributed by atoms with Gasteiger partial charge in [0.05, 0.1) is 19.1 Å². The van der Waals surface area contributed by atoms with Gasteiger partial charge in [-0.15, -0.1) is 0 Å². The van der Waals surface area contributed by atoms with Crippen molar-refractivity contribution in [2.24, 2.45) is 17.8 Å². The molecule has 21 heavy (non-hydrogen) atoms. The topological polar surface area (TPSA) is 84.9 Å². The number of hydrogen-bond acceptors (Lipinski definition) is 4. The minimum Gasteiger partial charge on any atom is -0.481 e. The number of allylic oxidation sites excluding steroid dienone is 1. The minimum atomic E-state index is -0.860. The second kappa shape index (κ2) is 6.15. The molecule has 1 aliphatic carbocycles. The lowest BCUT2D eigenvalue weighted by Gasteiger charge is -2.30. The Hall–Kier alpha value is -1.40. The van der Waals surface area contributed by atoms with Crippen molar-refractivity contribution in [1.82, 2.24) is 5.32 Å². The average Bonchev–Trinajstić information content (AvgIpc) is 2.91. The molecule has 0 aromatic heterocycles. The predicted molar refractivity (Wildman–Crippen MR) is 73.6 cm³/mol. The van der Waals surface area contributed by atoms with Crippen LogP contribution in [0.1, 0.15) is 19.3 Å². The van der Waals surface area contributed by atoms with E-state index in [0.717, 1.165) is 6.42 Å². The largest absolute Gasteiger partial charge is 0.481 e. The van der Waals surface area contributed by atoms with Gasteiger partial charge in [0.15, 0.2) is 0 Å². The zero-order valence-electron chi connectivity index (χ0n) is 11.9. The van der Waals surface area contributed by atoms with E-state index in [1.54, 1.807) is 0 Å². The quantitative estimate of drug-likeness (QED) is 0.744. The van der Waals surface area contributed by atoms with Crippen LogP contribution < -0.4 is 5.32 Å². The molecule has 3 aliphatic rings. The van der Waals surface area contributed by atoms with E-state index in [-0.39, 0.29) is 23.8 Å². The Bertz CT molecular complexity index is 449. The van der Waals surface area contributed by atoms with Gasteiger partial charge in [-0.2, -0.15) is 0 Å². The monoisotopic (exact) mass is 295 g/mol. The van der Waals surface area contributed by atoms with Crippen molar-refractivity contribution < 1.29 is 24.2 Å². The third kappa shape index (κ3) is 2.96. The van der Waals surface area contributed by atoms with E-state index >= 15 is 0 Å². The molecule has 6 nitrogen and oxygen atoms in total. The summed E-state index contributed by atoms with van der Waals surface area (Å²) in [5.41, 5.74) is 0. The second-order valence-corrected chi connectivity index (χ2v) is 6.04. The van der Waals surface area contributed by atoms with E-state index in [1.165, 1.54) is 0 Å². The molecule has 5 atom stereocenters. The van der Waals surface area contributed by atoms with Crippen LogP contribution in [-0.2, 0) is 19.1 Å². The smallest absolute Gasteiger partial charge is 0.308 e. The van der Waals surface area contributed by atoms with Gasteiger partial charge >= 0.3 is 5.97 Å². The van der Waals surface area contributed by atoms with Crippen molar-refractivity contribution in [3.8, 4) is 0 Å². The van der Waals surface area contributed by atoms with Crippen LogP contribution in [0.2, 0.25) is 0 Å². The molecule has 0 unspecified atom stereocenters. The molecule has 0 spiro atoms. The molecule has 2 aliphatic heterocycles. The van der Waals surface area contributed by atoms with E-state index in [4.69, 9.17) is 9.47 Å². The van der Waals surface area contributed by atoms with Gasteiger partial charge in [-0.05, 0) is 19.3 Å². The van der Waals surface area contributed by atoms with Gasteiger partial charge in [0.1, 0.15) is 6.10 Å². The Kier molecular flexibility index (Phi) is 4.26. The Labute approximate surface area is 123 Å². The highest BCUT2D eigenvalue weighted by Gasteiger charge is 2.44. The number of carbonyl (C=O) groups excluding carboxylic acids is 1. The molecule has 2 saturated heterocycles. The maximum Gasteiger partial charge on any atom is 0.308 e. The molecule has 3 rings (SSSR count). The third-order valence-corrected chi connectivity index (χ3v) is 4.75. The number of ether oxygens (including phenoxy) is 2. The number of amides is 1. The summed E-state index contributed by atoms with van der Waals surface area (Å²) in [6, 6.07) is -0.345. The highest BCUT2D eigenvalue weighted by molar-refractivity contribution is 5.83. The van der Waals surface area contributed by atoms with Crippen LogP contribution in [0.25, 0.3) is 0 Å². The molecule has 2 N–H and O–H groups in total. The molecule has 0 aromatic rings. The lowest BCUT2D eigenvalue weighted by molar-refractivity contribution is -0.143. The summed E-state index contributed by atoms with van der Waals surface area (Å²) in [7, 11) is 0. The molecule has 2 fully saturated rings. The molecular weight excluding hydrogens is 274 g/mol. The summed E-state index contributed by atoms with van der Waals surface area (Å²) in [5.74, 6) is -1.10. The van der Waals surface area contributed by atoms with Gasteiger partial charge in [0.25, 0.3) is 0 Å². The fourth-order valence-electron chi connectivity index (χ4n) is 3.52. The van der Waals surface area contributed by atoms with E-state index in [1.807, 2.05) is 12.2 Å². The van der Waals surface area contributed by atoms with E-state index < -0.39 is 18.0 Å². The molecule has 1 amide bonds. The summed E-state index contributed by atoms with van der Waals surface area (Å²) in [5, 5.41) is 12.1. The van der Waals surface area contributed by atoms with Gasteiger partial charge in [0, 0.05) is 24.5 Å². The highest BCUT2D eigenvalue weighted by Crippen LogP contribution is 2.33. The molecule has 0 aromatic carbocycles. The van der Waals surface area contributed by atoms with Crippen molar-refractivity contribution in [2.45, 2.75) is 31.4 Å². The zero-order chi connectivity index (χ0) is 14.8. The number of aliphatic carboxylic acids is 1. The standard InChI is InChI=1S/C15H21NO5/c17-14(13-10-5-6-20-7-9(10)8-21-13)16-12-4-2-1-3-11(12)15(18)19/h1-2,9-13H,3-8H2,(H,16,17)(H,18,19)/t9-,10-,11+,12-,13+/m0/s1. The predicted octanol–water partition coefficient (Wildman–Crippen LogP) is 0.573. The number of fused-ring (bicyclic) bond motifs is 1. The van der Waals surface area contributed by atoms with Crippen LogP contribution >= 0.6 is 0 Å². The van der Waals surface area contributed by atoms with E-state index in [0.29, 0.717) is 32.7 Å². The molecule has 116 valence electrons. The first kappa shape index (κ1) is 14.5. The summed E-state index contributed by atoms with van der Waals surface area (Å²) in [4.78, 5) is 23.7. The van der Waals surface area contributed by atoms with Crippen molar-refractivity contribution in [3.05, 3.63) is 12.2 Å². The lowest BCUT2D eigenvalue weighted by atomic mass is 9.85. The van der Waals surface area contributed by atoms with Gasteiger partial charge < -0.3 is 19.9 Å². The SMILES string of the molecule is O=C(O)[C@@H]1CC=CC[C@@H]1NC(=O)[C@@H]1OC[C@@H]2COCC[C@@H]21. The maximum absolute atomic E-state index is 12.4. The van der Waals surface area contributed by atoms with Crippen LogP contribution in [0.5, 0.6) is 0 Å². The number of carboxylic acid groups (broad SMARTS) is 1. The first-order valence-corrected chi connectivity index (χ1v) is 7.54. The number of carboxylic acids is 1. The molecular formula is C15H21NO5. The molecule has 0 bridgehead atoms.